The van der Waals surface area contributed by atoms with Gasteiger partial charge in [-0.05, 0) is 43.9 Å². The quantitative estimate of drug-likeness (QED) is 0.695. The number of nitrogens with one attached hydrogen (secondary N) is 2. The molecule has 150 valence electrons. The average Bonchev–Trinajstić information content (AvgIpc) is 3.20. The molecule has 0 aromatic heterocycles. The van der Waals surface area contributed by atoms with E-state index in [-0.39, 0.29) is 29.8 Å². The van der Waals surface area contributed by atoms with Gasteiger partial charge in [0.2, 0.25) is 17.7 Å². The predicted molar refractivity (Wildman–Crippen MR) is 109 cm³/mol. The smallest absolute Gasteiger partial charge is 0.250 e. The highest BCUT2D eigenvalue weighted by Gasteiger charge is 2.70. The second kappa shape index (κ2) is 6.66. The number of rotatable bonds is 4. The van der Waals surface area contributed by atoms with Crippen LogP contribution in [0.5, 0.6) is 0 Å². The number of carbonyl (C=O) groups excluding carboxylic acids is 3. The van der Waals surface area contributed by atoms with Crippen LogP contribution in [0.1, 0.15) is 46.1 Å². The minimum atomic E-state index is -1.20. The maximum atomic E-state index is 13.5. The lowest BCUT2D eigenvalue weighted by Crippen LogP contribution is -2.54. The molecular formula is C21H26BrN3O3. The summed E-state index contributed by atoms with van der Waals surface area (Å²) in [4.78, 5) is 41.5. The Morgan fingerprint density at radius 2 is 1.89 bits per heavy atom. The molecule has 0 aliphatic carbocycles. The second-order valence-corrected chi connectivity index (χ2v) is 9.56. The summed E-state index contributed by atoms with van der Waals surface area (Å²) >= 11 is 3.49. The van der Waals surface area contributed by atoms with Crippen LogP contribution in [0.3, 0.4) is 0 Å². The van der Waals surface area contributed by atoms with Gasteiger partial charge in [0, 0.05) is 27.8 Å². The van der Waals surface area contributed by atoms with Crippen LogP contribution in [-0.4, -0.2) is 34.7 Å². The van der Waals surface area contributed by atoms with Gasteiger partial charge in [0.15, 0.2) is 0 Å². The number of hydrogen-bond acceptors (Lipinski definition) is 4. The van der Waals surface area contributed by atoms with Gasteiger partial charge in [-0.1, -0.05) is 36.7 Å². The first-order valence-corrected chi connectivity index (χ1v) is 10.8. The summed E-state index contributed by atoms with van der Waals surface area (Å²) in [5, 5.41) is 6.40. The van der Waals surface area contributed by atoms with Crippen LogP contribution in [0.25, 0.3) is 0 Å². The average molecular weight is 448 g/mol. The number of hydrogen-bond donors (Lipinski definition) is 2. The Hall–Kier alpha value is -1.73. The number of amides is 3. The van der Waals surface area contributed by atoms with Crippen LogP contribution in [0.15, 0.2) is 22.7 Å². The Morgan fingerprint density at radius 1 is 1.18 bits per heavy atom. The topological polar surface area (TPSA) is 78.5 Å². The van der Waals surface area contributed by atoms with Crippen LogP contribution in [0.4, 0.5) is 5.69 Å². The molecule has 1 spiro atoms. The fraction of sp³-hybridized carbons (Fsp3) is 0.571. The van der Waals surface area contributed by atoms with Crippen molar-refractivity contribution in [1.82, 2.24) is 10.2 Å². The molecule has 3 heterocycles. The Bertz CT molecular complexity index is 870. The molecule has 0 radical (unpaired) electrons. The van der Waals surface area contributed by atoms with Crippen molar-refractivity contribution < 1.29 is 14.4 Å². The van der Waals surface area contributed by atoms with E-state index in [2.05, 4.69) is 40.4 Å². The zero-order valence-corrected chi connectivity index (χ0v) is 18.2. The summed E-state index contributed by atoms with van der Waals surface area (Å²) in [6.45, 7) is 8.05. The van der Waals surface area contributed by atoms with Crippen LogP contribution in [0, 0.1) is 17.8 Å². The molecule has 2 saturated heterocycles. The van der Waals surface area contributed by atoms with E-state index in [9.17, 15) is 14.4 Å². The number of nitrogens with zero attached hydrogens (tertiary/aromatic N) is 1. The second-order valence-electron chi connectivity index (χ2n) is 8.64. The monoisotopic (exact) mass is 447 g/mol. The molecule has 2 fully saturated rings. The van der Waals surface area contributed by atoms with Gasteiger partial charge in [0.25, 0.3) is 0 Å². The number of imide groups is 1. The van der Waals surface area contributed by atoms with E-state index < -0.39 is 17.4 Å². The number of likely N-dealkylation sites (tertiary alicyclic amines) is 1. The summed E-state index contributed by atoms with van der Waals surface area (Å²) in [6.07, 6.45) is 1.42. The van der Waals surface area contributed by atoms with Gasteiger partial charge in [-0.3, -0.25) is 24.6 Å². The highest BCUT2D eigenvalue weighted by molar-refractivity contribution is 9.10. The van der Waals surface area contributed by atoms with E-state index in [1.165, 1.54) is 4.90 Å². The number of anilines is 1. The Kier molecular flexibility index (Phi) is 4.66. The lowest BCUT2D eigenvalue weighted by atomic mass is 9.76. The summed E-state index contributed by atoms with van der Waals surface area (Å²) in [6, 6.07) is 5.20. The third kappa shape index (κ3) is 2.52. The molecule has 3 aliphatic heterocycles. The van der Waals surface area contributed by atoms with Crippen molar-refractivity contribution in [2.45, 2.75) is 58.2 Å². The highest BCUT2D eigenvalue weighted by Crippen LogP contribution is 2.54. The maximum absolute atomic E-state index is 13.5. The first-order chi connectivity index (χ1) is 13.2. The Morgan fingerprint density at radius 3 is 2.54 bits per heavy atom. The summed E-state index contributed by atoms with van der Waals surface area (Å²) in [5.41, 5.74) is 0.255. The zero-order chi connectivity index (χ0) is 20.4. The van der Waals surface area contributed by atoms with E-state index in [1.807, 2.05) is 32.0 Å². The summed E-state index contributed by atoms with van der Waals surface area (Å²) in [5.74, 6) is -1.51. The Labute approximate surface area is 173 Å². The zero-order valence-electron chi connectivity index (χ0n) is 16.6. The van der Waals surface area contributed by atoms with Crippen molar-refractivity contribution in [1.29, 1.82) is 0 Å². The molecule has 0 unspecified atom stereocenters. The summed E-state index contributed by atoms with van der Waals surface area (Å²) < 4.78 is 0.836. The van der Waals surface area contributed by atoms with Crippen LogP contribution in [-0.2, 0) is 19.9 Å². The van der Waals surface area contributed by atoms with Gasteiger partial charge in [0.05, 0.1) is 11.8 Å². The normalized spacial score (nSPS) is 32.3. The minimum absolute atomic E-state index is 0.143. The Balaban J connectivity index is 1.89. The van der Waals surface area contributed by atoms with Gasteiger partial charge in [0.1, 0.15) is 5.54 Å². The van der Waals surface area contributed by atoms with Gasteiger partial charge in [-0.15, -0.1) is 0 Å². The maximum Gasteiger partial charge on any atom is 0.250 e. The molecular weight excluding hydrogens is 422 g/mol. The molecule has 7 heteroatoms. The van der Waals surface area contributed by atoms with Gasteiger partial charge in [-0.2, -0.15) is 0 Å². The van der Waals surface area contributed by atoms with E-state index in [1.54, 1.807) is 0 Å². The lowest BCUT2D eigenvalue weighted by molar-refractivity contribution is -0.145. The number of fused-ring (bicyclic) bond motifs is 4. The third-order valence-electron chi connectivity index (χ3n) is 6.47. The highest BCUT2D eigenvalue weighted by atomic mass is 79.9. The van der Waals surface area contributed by atoms with Gasteiger partial charge >= 0.3 is 0 Å². The fourth-order valence-electron chi connectivity index (χ4n) is 5.12. The molecule has 0 bridgehead atoms. The van der Waals surface area contributed by atoms with Crippen molar-refractivity contribution in [3.8, 4) is 0 Å². The van der Waals surface area contributed by atoms with Crippen molar-refractivity contribution >= 4 is 39.3 Å². The van der Waals surface area contributed by atoms with E-state index >= 15 is 0 Å². The molecule has 2 N–H and O–H groups in total. The number of carbonyl (C=O) groups is 3. The van der Waals surface area contributed by atoms with E-state index in [4.69, 9.17) is 0 Å². The summed E-state index contributed by atoms with van der Waals surface area (Å²) in [7, 11) is 0. The minimum Gasteiger partial charge on any atom is -0.324 e. The SMILES string of the molecule is CC[C@H](C)N1C(=O)[C@@H]2[C@H](CC(C)C)N[C@]3(C(=O)Nc4ccc(Br)cc43)[C@@H]2C1=O. The van der Waals surface area contributed by atoms with Crippen LogP contribution < -0.4 is 10.6 Å². The fourth-order valence-corrected chi connectivity index (χ4v) is 5.48. The molecule has 3 aliphatic rings. The molecule has 3 amide bonds. The molecule has 1 aromatic rings. The first-order valence-electron chi connectivity index (χ1n) is 9.98. The molecule has 4 rings (SSSR count). The molecule has 1 aromatic carbocycles. The van der Waals surface area contributed by atoms with Crippen molar-refractivity contribution in [2.24, 2.45) is 17.8 Å². The predicted octanol–water partition coefficient (Wildman–Crippen LogP) is 3.01. The van der Waals surface area contributed by atoms with Gasteiger partial charge < -0.3 is 5.32 Å². The van der Waals surface area contributed by atoms with Crippen molar-refractivity contribution in [3.05, 3.63) is 28.2 Å². The lowest BCUT2D eigenvalue weighted by Gasteiger charge is -2.31. The van der Waals surface area contributed by atoms with E-state index in [0.717, 1.165) is 16.5 Å². The molecule has 0 saturated carbocycles. The first kappa shape index (κ1) is 19.6. The van der Waals surface area contributed by atoms with Crippen molar-refractivity contribution in [2.75, 3.05) is 5.32 Å². The molecule has 5 atom stereocenters. The largest absolute Gasteiger partial charge is 0.324 e. The van der Waals surface area contributed by atoms with Gasteiger partial charge in [-0.25, -0.2) is 0 Å². The molecule has 6 nitrogen and oxygen atoms in total. The van der Waals surface area contributed by atoms with Crippen LogP contribution in [0.2, 0.25) is 0 Å². The van der Waals surface area contributed by atoms with Crippen molar-refractivity contribution in [3.63, 3.8) is 0 Å². The van der Waals surface area contributed by atoms with Crippen LogP contribution >= 0.6 is 15.9 Å². The standard InChI is InChI=1S/C21H26BrN3O3/c1-5-11(4)25-18(26)16-15(8-10(2)3)24-21(17(16)19(25)27)13-9-12(22)6-7-14(13)23-20(21)28/h6-7,9-11,15-17,24H,5,8H2,1-4H3,(H,23,28)/t11-,15-,16+,17-,21-/m0/s1. The third-order valence-corrected chi connectivity index (χ3v) is 6.96. The number of halogens is 1. The molecule has 28 heavy (non-hydrogen) atoms. The van der Waals surface area contributed by atoms with E-state index in [0.29, 0.717) is 18.0 Å². The number of benzene rings is 1.